The molecule has 130 valence electrons. The fourth-order valence-electron chi connectivity index (χ4n) is 2.71. The fourth-order valence-corrected chi connectivity index (χ4v) is 2.71. The molecule has 0 unspecified atom stereocenters. The Morgan fingerprint density at radius 2 is 1.42 bits per heavy atom. The number of methoxy groups -OCH3 is 1. The minimum Gasteiger partial charge on any atom is -0.465 e. The number of benzene rings is 3. The predicted molar refractivity (Wildman–Crippen MR) is 98.8 cm³/mol. The summed E-state index contributed by atoms with van der Waals surface area (Å²) in [5, 5.41) is 0. The lowest BCUT2D eigenvalue weighted by molar-refractivity contribution is 0.0458. The van der Waals surface area contributed by atoms with Crippen LogP contribution in [0.2, 0.25) is 0 Å². The first-order valence-electron chi connectivity index (χ1n) is 8.18. The monoisotopic (exact) mass is 346 g/mol. The van der Waals surface area contributed by atoms with Crippen molar-refractivity contribution in [3.63, 3.8) is 0 Å². The molecule has 0 aliphatic rings. The molecule has 0 bridgehead atoms. The van der Waals surface area contributed by atoms with E-state index in [1.54, 1.807) is 18.2 Å². The molecule has 0 N–H and O–H groups in total. The lowest BCUT2D eigenvalue weighted by atomic mass is 9.95. The molecule has 0 aromatic heterocycles. The van der Waals surface area contributed by atoms with Crippen LogP contribution in [0.25, 0.3) is 11.1 Å². The van der Waals surface area contributed by atoms with E-state index in [4.69, 9.17) is 9.47 Å². The van der Waals surface area contributed by atoms with Crippen molar-refractivity contribution < 1.29 is 19.1 Å². The zero-order valence-corrected chi connectivity index (χ0v) is 14.3. The van der Waals surface area contributed by atoms with Crippen molar-refractivity contribution in [1.29, 1.82) is 0 Å². The predicted octanol–water partition coefficient (Wildman–Crippen LogP) is 4.50. The summed E-state index contributed by atoms with van der Waals surface area (Å²) in [5.41, 5.74) is 2.72. The van der Waals surface area contributed by atoms with Gasteiger partial charge in [0.2, 0.25) is 0 Å². The number of rotatable bonds is 5. The van der Waals surface area contributed by atoms with Gasteiger partial charge in [0.1, 0.15) is 6.61 Å². The van der Waals surface area contributed by atoms with E-state index in [0.717, 1.165) is 11.1 Å². The van der Waals surface area contributed by atoms with Gasteiger partial charge in [-0.2, -0.15) is 0 Å². The van der Waals surface area contributed by atoms with Crippen LogP contribution < -0.4 is 0 Å². The largest absolute Gasteiger partial charge is 0.465 e. The van der Waals surface area contributed by atoms with Crippen LogP contribution in [0.3, 0.4) is 0 Å². The molecule has 0 aliphatic carbocycles. The van der Waals surface area contributed by atoms with Gasteiger partial charge < -0.3 is 9.47 Å². The summed E-state index contributed by atoms with van der Waals surface area (Å²) in [6, 6.07) is 23.9. The molecule has 0 heterocycles. The Labute approximate surface area is 152 Å². The third-order valence-corrected chi connectivity index (χ3v) is 3.97. The van der Waals surface area contributed by atoms with E-state index in [2.05, 4.69) is 0 Å². The average Bonchev–Trinajstić information content (AvgIpc) is 2.72. The minimum atomic E-state index is -0.575. The number of hydrogen-bond donors (Lipinski definition) is 0. The topological polar surface area (TPSA) is 52.6 Å². The standard InChI is InChI=1S/C22H18O4/c1-25-21(23)19-14-8-13-18(17-11-6-3-7-12-17)20(19)22(24)26-15-16-9-4-2-5-10-16/h2-14H,15H2,1H3. The van der Waals surface area contributed by atoms with E-state index in [1.165, 1.54) is 7.11 Å². The van der Waals surface area contributed by atoms with Crippen LogP contribution in [0.4, 0.5) is 0 Å². The molecule has 26 heavy (non-hydrogen) atoms. The van der Waals surface area contributed by atoms with E-state index in [-0.39, 0.29) is 17.7 Å². The van der Waals surface area contributed by atoms with Gasteiger partial charge in [0, 0.05) is 0 Å². The minimum absolute atomic E-state index is 0.128. The first-order chi connectivity index (χ1) is 12.7. The van der Waals surface area contributed by atoms with Crippen molar-refractivity contribution >= 4 is 11.9 Å². The van der Waals surface area contributed by atoms with Gasteiger partial charge in [0.05, 0.1) is 18.2 Å². The average molecular weight is 346 g/mol. The van der Waals surface area contributed by atoms with Gasteiger partial charge in [-0.1, -0.05) is 72.8 Å². The van der Waals surface area contributed by atoms with Crippen LogP contribution in [-0.2, 0) is 16.1 Å². The van der Waals surface area contributed by atoms with Crippen molar-refractivity contribution in [2.45, 2.75) is 6.61 Å². The molecule has 3 aromatic rings. The van der Waals surface area contributed by atoms with Crippen LogP contribution in [0.5, 0.6) is 0 Å². The number of hydrogen-bond acceptors (Lipinski definition) is 4. The van der Waals surface area contributed by atoms with E-state index < -0.39 is 11.9 Å². The molecule has 3 aromatic carbocycles. The summed E-state index contributed by atoms with van der Waals surface area (Å²) >= 11 is 0. The second-order valence-electron chi connectivity index (χ2n) is 5.65. The Bertz CT molecular complexity index is 902. The SMILES string of the molecule is COC(=O)c1cccc(-c2ccccc2)c1C(=O)OCc1ccccc1. The molecule has 3 rings (SSSR count). The highest BCUT2D eigenvalue weighted by Crippen LogP contribution is 2.28. The second kappa shape index (κ2) is 8.12. The molecule has 4 nitrogen and oxygen atoms in total. The first-order valence-corrected chi connectivity index (χ1v) is 8.18. The molecule has 0 amide bonds. The molecule has 0 saturated heterocycles. The summed E-state index contributed by atoms with van der Waals surface area (Å²) < 4.78 is 10.3. The van der Waals surface area contributed by atoms with E-state index in [9.17, 15) is 9.59 Å². The Morgan fingerprint density at radius 3 is 2.08 bits per heavy atom. The lowest BCUT2D eigenvalue weighted by Crippen LogP contribution is -2.14. The Balaban J connectivity index is 1.99. The molecule has 0 saturated carbocycles. The van der Waals surface area contributed by atoms with Crippen LogP contribution in [0, 0.1) is 0 Å². The van der Waals surface area contributed by atoms with Crippen molar-refractivity contribution in [1.82, 2.24) is 0 Å². The summed E-state index contributed by atoms with van der Waals surface area (Å²) in [7, 11) is 1.29. The lowest BCUT2D eigenvalue weighted by Gasteiger charge is -2.13. The maximum Gasteiger partial charge on any atom is 0.339 e. The van der Waals surface area contributed by atoms with Crippen LogP contribution in [0.15, 0.2) is 78.9 Å². The summed E-state index contributed by atoms with van der Waals surface area (Å²) in [4.78, 5) is 25.0. The molecule has 4 heteroatoms. The molecule has 0 radical (unpaired) electrons. The fraction of sp³-hybridized carbons (Fsp3) is 0.0909. The number of ether oxygens (including phenoxy) is 2. The van der Waals surface area contributed by atoms with Crippen LogP contribution in [0.1, 0.15) is 26.3 Å². The van der Waals surface area contributed by atoms with Gasteiger partial charge in [0.25, 0.3) is 0 Å². The summed E-state index contributed by atoms with van der Waals surface area (Å²) in [5.74, 6) is -1.14. The van der Waals surface area contributed by atoms with E-state index in [0.29, 0.717) is 5.56 Å². The van der Waals surface area contributed by atoms with Crippen LogP contribution >= 0.6 is 0 Å². The highest BCUT2D eigenvalue weighted by Gasteiger charge is 2.23. The molecule has 0 fully saturated rings. The van der Waals surface area contributed by atoms with Crippen molar-refractivity contribution in [2.24, 2.45) is 0 Å². The zero-order chi connectivity index (χ0) is 18.4. The van der Waals surface area contributed by atoms with Gasteiger partial charge in [-0.3, -0.25) is 0 Å². The smallest absolute Gasteiger partial charge is 0.339 e. The Hall–Kier alpha value is -3.40. The molecule has 0 aliphatic heterocycles. The zero-order valence-electron chi connectivity index (χ0n) is 14.3. The second-order valence-corrected chi connectivity index (χ2v) is 5.65. The summed E-state index contributed by atoms with van der Waals surface area (Å²) in [6.07, 6.45) is 0. The number of carbonyl (C=O) groups is 2. The molecule has 0 atom stereocenters. The highest BCUT2D eigenvalue weighted by atomic mass is 16.5. The summed E-state index contributed by atoms with van der Waals surface area (Å²) in [6.45, 7) is 0.128. The normalized spacial score (nSPS) is 10.2. The maximum absolute atomic E-state index is 12.8. The Morgan fingerprint density at radius 1 is 0.769 bits per heavy atom. The first kappa shape index (κ1) is 17.4. The third-order valence-electron chi connectivity index (χ3n) is 3.97. The Kier molecular flexibility index (Phi) is 5.44. The van der Waals surface area contributed by atoms with Gasteiger partial charge in [-0.25, -0.2) is 9.59 Å². The highest BCUT2D eigenvalue weighted by molar-refractivity contribution is 6.07. The number of esters is 2. The maximum atomic E-state index is 12.8. The third kappa shape index (κ3) is 3.81. The molecular formula is C22H18O4. The van der Waals surface area contributed by atoms with Gasteiger partial charge in [-0.05, 0) is 22.8 Å². The number of carbonyl (C=O) groups excluding carboxylic acids is 2. The molecular weight excluding hydrogens is 328 g/mol. The van der Waals surface area contributed by atoms with Crippen molar-refractivity contribution in [3.05, 3.63) is 95.6 Å². The van der Waals surface area contributed by atoms with E-state index >= 15 is 0 Å². The van der Waals surface area contributed by atoms with Crippen molar-refractivity contribution in [2.75, 3.05) is 7.11 Å². The van der Waals surface area contributed by atoms with Gasteiger partial charge in [-0.15, -0.1) is 0 Å². The van der Waals surface area contributed by atoms with Crippen LogP contribution in [-0.4, -0.2) is 19.0 Å². The van der Waals surface area contributed by atoms with Gasteiger partial charge >= 0.3 is 11.9 Å². The quantitative estimate of drug-likeness (QED) is 0.639. The molecule has 0 spiro atoms. The van der Waals surface area contributed by atoms with Gasteiger partial charge in [0.15, 0.2) is 0 Å². The van der Waals surface area contributed by atoms with E-state index in [1.807, 2.05) is 60.7 Å². The van der Waals surface area contributed by atoms with Crippen molar-refractivity contribution in [3.8, 4) is 11.1 Å².